The van der Waals surface area contributed by atoms with Crippen LogP contribution in [0, 0.1) is 0 Å². The van der Waals surface area contributed by atoms with Gasteiger partial charge in [0.15, 0.2) is 5.03 Å². The van der Waals surface area contributed by atoms with Crippen LogP contribution in [0.3, 0.4) is 0 Å². The number of halogens is 1. The van der Waals surface area contributed by atoms with Crippen LogP contribution in [0.15, 0.2) is 38.9 Å². The normalized spacial score (nSPS) is 11.9. The topological polar surface area (TPSA) is 108 Å². The number of hydrogen-bond acceptors (Lipinski definition) is 5. The second-order valence-electron chi connectivity index (χ2n) is 4.33. The molecule has 1 amide bonds. The van der Waals surface area contributed by atoms with Gasteiger partial charge in [-0.3, -0.25) is 14.6 Å². The molecule has 2 rings (SSSR count). The lowest BCUT2D eigenvalue weighted by Gasteiger charge is -2.13. The number of aromatic amines is 2. The van der Waals surface area contributed by atoms with E-state index in [1.165, 1.54) is 0 Å². The quantitative estimate of drug-likeness (QED) is 0.717. The van der Waals surface area contributed by atoms with Gasteiger partial charge in [-0.25, -0.2) is 9.89 Å². The first-order valence-electron chi connectivity index (χ1n) is 6.41. The minimum atomic E-state index is -0.689. The summed E-state index contributed by atoms with van der Waals surface area (Å²) in [7, 11) is 0. The van der Waals surface area contributed by atoms with Crippen LogP contribution in [-0.4, -0.2) is 26.3 Å². The Bertz CT molecular complexity index is 789. The number of anilines is 1. The Morgan fingerprint density at radius 2 is 2.23 bits per heavy atom. The molecule has 1 heterocycles. The van der Waals surface area contributed by atoms with Gasteiger partial charge in [0.1, 0.15) is 0 Å². The number of carbonyl (C=O) groups excluding carboxylic acids is 1. The summed E-state index contributed by atoms with van der Waals surface area (Å²) in [6.07, 6.45) is 0.483. The predicted octanol–water partition coefficient (Wildman–Crippen LogP) is 1.62. The molecule has 2 aromatic rings. The van der Waals surface area contributed by atoms with Gasteiger partial charge >= 0.3 is 5.69 Å². The number of nitrogens with one attached hydrogen (secondary N) is 3. The molecule has 0 saturated carbocycles. The molecule has 9 heteroatoms. The van der Waals surface area contributed by atoms with Crippen molar-refractivity contribution in [2.24, 2.45) is 0 Å². The fraction of sp³-hybridized carbons (Fsp3) is 0.231. The number of aromatic nitrogens is 3. The van der Waals surface area contributed by atoms with Gasteiger partial charge in [-0.1, -0.05) is 36.4 Å². The molecule has 0 fully saturated rings. The highest BCUT2D eigenvalue weighted by molar-refractivity contribution is 8.00. The monoisotopic (exact) mass is 340 g/mol. The van der Waals surface area contributed by atoms with E-state index in [4.69, 9.17) is 11.6 Å². The fourth-order valence-corrected chi connectivity index (χ4v) is 2.71. The largest absolute Gasteiger partial charge is 0.342 e. The molecule has 0 radical (unpaired) electrons. The van der Waals surface area contributed by atoms with Gasteiger partial charge in [0, 0.05) is 10.7 Å². The summed E-state index contributed by atoms with van der Waals surface area (Å²) in [5.74, 6) is -0.276. The van der Waals surface area contributed by atoms with Gasteiger partial charge in [-0.15, -0.1) is 0 Å². The van der Waals surface area contributed by atoms with E-state index >= 15 is 0 Å². The van der Waals surface area contributed by atoms with Gasteiger partial charge in [0.25, 0.3) is 5.56 Å². The molecule has 116 valence electrons. The van der Waals surface area contributed by atoms with E-state index in [0.29, 0.717) is 17.1 Å². The zero-order chi connectivity index (χ0) is 16.1. The zero-order valence-electron chi connectivity index (χ0n) is 11.6. The summed E-state index contributed by atoms with van der Waals surface area (Å²) in [5.41, 5.74) is -0.742. The molecule has 0 aliphatic rings. The van der Waals surface area contributed by atoms with Crippen molar-refractivity contribution in [2.75, 3.05) is 5.32 Å². The average molecular weight is 341 g/mol. The molecular formula is C13H13ClN4O3S. The van der Waals surface area contributed by atoms with E-state index in [1.807, 2.05) is 6.92 Å². The SMILES string of the molecule is CC[C@H](Sc1n[nH]c(=O)[nH]c1=O)C(=O)Nc1cccc(Cl)c1. The van der Waals surface area contributed by atoms with Crippen molar-refractivity contribution < 1.29 is 4.79 Å². The highest BCUT2D eigenvalue weighted by Crippen LogP contribution is 2.22. The highest BCUT2D eigenvalue weighted by Gasteiger charge is 2.20. The third kappa shape index (κ3) is 4.22. The summed E-state index contributed by atoms with van der Waals surface area (Å²) in [5, 5.41) is 8.53. The molecule has 1 aromatic heterocycles. The smallest absolute Gasteiger partial charge is 0.325 e. The molecule has 7 nitrogen and oxygen atoms in total. The summed E-state index contributed by atoms with van der Waals surface area (Å²) < 4.78 is 0. The van der Waals surface area contributed by atoms with Crippen LogP contribution in [0.25, 0.3) is 0 Å². The van der Waals surface area contributed by atoms with E-state index in [2.05, 4.69) is 20.5 Å². The Kier molecular flexibility index (Phi) is 5.40. The maximum absolute atomic E-state index is 12.3. The number of carbonyl (C=O) groups is 1. The van der Waals surface area contributed by atoms with Crippen LogP contribution in [0.5, 0.6) is 0 Å². The van der Waals surface area contributed by atoms with Gasteiger partial charge in [0.05, 0.1) is 5.25 Å². The number of nitrogens with zero attached hydrogens (tertiary/aromatic N) is 1. The van der Waals surface area contributed by atoms with Crippen LogP contribution < -0.4 is 16.6 Å². The van der Waals surface area contributed by atoms with Crippen molar-refractivity contribution in [2.45, 2.75) is 23.6 Å². The lowest BCUT2D eigenvalue weighted by Crippen LogP contribution is -2.29. The summed E-state index contributed by atoms with van der Waals surface area (Å²) in [6.45, 7) is 1.81. The molecule has 0 aliphatic carbocycles. The molecule has 3 N–H and O–H groups in total. The lowest BCUT2D eigenvalue weighted by molar-refractivity contribution is -0.115. The van der Waals surface area contributed by atoms with Gasteiger partial charge in [-0.05, 0) is 24.6 Å². The minimum Gasteiger partial charge on any atom is -0.325 e. The summed E-state index contributed by atoms with van der Waals surface area (Å²) >= 11 is 6.85. The average Bonchev–Trinajstić information content (AvgIpc) is 2.46. The number of thioether (sulfide) groups is 1. The maximum atomic E-state index is 12.3. The Hall–Kier alpha value is -2.06. The van der Waals surface area contributed by atoms with E-state index in [1.54, 1.807) is 24.3 Å². The van der Waals surface area contributed by atoms with E-state index < -0.39 is 16.5 Å². The zero-order valence-corrected chi connectivity index (χ0v) is 13.1. The van der Waals surface area contributed by atoms with Crippen molar-refractivity contribution >= 4 is 35.0 Å². The van der Waals surface area contributed by atoms with E-state index in [9.17, 15) is 14.4 Å². The van der Waals surface area contributed by atoms with Crippen molar-refractivity contribution in [1.29, 1.82) is 0 Å². The predicted molar refractivity (Wildman–Crippen MR) is 85.5 cm³/mol. The van der Waals surface area contributed by atoms with Gasteiger partial charge in [0.2, 0.25) is 5.91 Å². The van der Waals surface area contributed by atoms with Crippen molar-refractivity contribution in [1.82, 2.24) is 15.2 Å². The first kappa shape index (κ1) is 16.3. The minimum absolute atomic E-state index is 0.0349. The second kappa shape index (κ2) is 7.28. The summed E-state index contributed by atoms with van der Waals surface area (Å²) in [6, 6.07) is 6.77. The number of amides is 1. The molecular weight excluding hydrogens is 328 g/mol. The molecule has 0 bridgehead atoms. The standard InChI is InChI=1S/C13H13ClN4O3S/c1-2-9(22-12-11(20)16-13(21)18-17-12)10(19)15-8-5-3-4-7(14)6-8/h3-6,9H,2H2,1H3,(H,15,19)(H2,16,18,20,21)/t9-/m0/s1. The number of H-pyrrole nitrogens is 2. The third-order valence-corrected chi connectivity index (χ3v) is 4.26. The second-order valence-corrected chi connectivity index (χ2v) is 5.95. The van der Waals surface area contributed by atoms with E-state index in [-0.39, 0.29) is 10.9 Å². The lowest BCUT2D eigenvalue weighted by atomic mass is 10.3. The highest BCUT2D eigenvalue weighted by atomic mass is 35.5. The molecule has 0 saturated heterocycles. The van der Waals surface area contributed by atoms with Crippen LogP contribution in [0.2, 0.25) is 5.02 Å². The number of hydrogen-bond donors (Lipinski definition) is 3. The molecule has 22 heavy (non-hydrogen) atoms. The summed E-state index contributed by atoms with van der Waals surface area (Å²) in [4.78, 5) is 36.9. The first-order chi connectivity index (χ1) is 10.5. The third-order valence-electron chi connectivity index (χ3n) is 2.69. The van der Waals surface area contributed by atoms with Crippen molar-refractivity contribution in [3.8, 4) is 0 Å². The fourth-order valence-electron chi connectivity index (χ4n) is 1.66. The van der Waals surface area contributed by atoms with Crippen LogP contribution in [0.1, 0.15) is 13.3 Å². The first-order valence-corrected chi connectivity index (χ1v) is 7.67. The van der Waals surface area contributed by atoms with Crippen molar-refractivity contribution in [3.63, 3.8) is 0 Å². The van der Waals surface area contributed by atoms with Crippen LogP contribution in [0.4, 0.5) is 5.69 Å². The van der Waals surface area contributed by atoms with Crippen LogP contribution in [-0.2, 0) is 4.79 Å². The Labute approximate surface area is 134 Å². The molecule has 0 spiro atoms. The number of benzene rings is 1. The molecule has 0 unspecified atom stereocenters. The van der Waals surface area contributed by atoms with Crippen molar-refractivity contribution in [3.05, 3.63) is 50.1 Å². The Morgan fingerprint density at radius 3 is 2.86 bits per heavy atom. The molecule has 1 aromatic carbocycles. The number of rotatable bonds is 5. The Morgan fingerprint density at radius 1 is 1.45 bits per heavy atom. The van der Waals surface area contributed by atoms with E-state index in [0.717, 1.165) is 11.8 Å². The maximum Gasteiger partial charge on any atom is 0.342 e. The van der Waals surface area contributed by atoms with Gasteiger partial charge in [-0.2, -0.15) is 5.10 Å². The van der Waals surface area contributed by atoms with Gasteiger partial charge < -0.3 is 5.32 Å². The van der Waals surface area contributed by atoms with Crippen LogP contribution >= 0.6 is 23.4 Å². The molecule has 0 aliphatic heterocycles. The molecule has 1 atom stereocenters. The Balaban J connectivity index is 2.12.